The van der Waals surface area contributed by atoms with Crippen molar-refractivity contribution in [2.45, 2.75) is 6.17 Å². The molecule has 0 bridgehead atoms. The van der Waals surface area contributed by atoms with Gasteiger partial charge in [-0.2, -0.15) is 4.99 Å². The van der Waals surface area contributed by atoms with Gasteiger partial charge >= 0.3 is 6.03 Å². The third kappa shape index (κ3) is 1.20. The van der Waals surface area contributed by atoms with Gasteiger partial charge in [0.25, 0.3) is 0 Å². The number of carbonyl (C=O) groups excluding carboxylic acids is 1. The van der Waals surface area contributed by atoms with Gasteiger partial charge in [0.2, 0.25) is 0 Å². The lowest BCUT2D eigenvalue weighted by atomic mass is 10.2. The SMILES string of the molecule is O=C1N=C2C=C(I)C=NC2N1. The van der Waals surface area contributed by atoms with Gasteiger partial charge in [-0.1, -0.05) is 0 Å². The molecule has 0 spiro atoms. The van der Waals surface area contributed by atoms with Crippen LogP contribution in [-0.4, -0.2) is 24.1 Å². The van der Waals surface area contributed by atoms with Crippen LogP contribution in [0.5, 0.6) is 0 Å². The molecule has 0 aliphatic carbocycles. The first-order valence-electron chi connectivity index (χ1n) is 3.05. The van der Waals surface area contributed by atoms with Crippen LogP contribution in [0.25, 0.3) is 0 Å². The van der Waals surface area contributed by atoms with E-state index in [0.717, 1.165) is 3.58 Å². The maximum atomic E-state index is 10.7. The number of hydrogen-bond acceptors (Lipinski definition) is 2. The maximum absolute atomic E-state index is 10.7. The molecule has 1 atom stereocenters. The molecule has 1 N–H and O–H groups in total. The number of carbonyl (C=O) groups is 1. The van der Waals surface area contributed by atoms with Gasteiger partial charge in [0.1, 0.15) is 0 Å². The first kappa shape index (κ1) is 6.96. The smallest absolute Gasteiger partial charge is 0.309 e. The van der Waals surface area contributed by atoms with Crippen LogP contribution in [0.2, 0.25) is 0 Å². The van der Waals surface area contributed by atoms with Gasteiger partial charge in [-0.15, -0.1) is 0 Å². The fourth-order valence-electron chi connectivity index (χ4n) is 0.951. The van der Waals surface area contributed by atoms with Crippen molar-refractivity contribution < 1.29 is 4.79 Å². The van der Waals surface area contributed by atoms with Crippen molar-refractivity contribution in [2.75, 3.05) is 0 Å². The largest absolute Gasteiger partial charge is 0.343 e. The normalized spacial score (nSPS) is 27.4. The van der Waals surface area contributed by atoms with E-state index < -0.39 is 0 Å². The molecule has 2 heterocycles. The molecule has 11 heavy (non-hydrogen) atoms. The number of aliphatic imine (C=N–C) groups is 2. The summed E-state index contributed by atoms with van der Waals surface area (Å²) in [7, 11) is 0. The number of fused-ring (bicyclic) bond motifs is 1. The van der Waals surface area contributed by atoms with Crippen LogP contribution >= 0.6 is 22.6 Å². The monoisotopic (exact) mass is 261 g/mol. The maximum Gasteiger partial charge on any atom is 0.343 e. The van der Waals surface area contributed by atoms with Gasteiger partial charge < -0.3 is 5.32 Å². The summed E-state index contributed by atoms with van der Waals surface area (Å²) in [5.41, 5.74) is 0.710. The lowest BCUT2D eigenvalue weighted by Crippen LogP contribution is -2.30. The van der Waals surface area contributed by atoms with Crippen LogP contribution in [0, 0.1) is 0 Å². The van der Waals surface area contributed by atoms with Crippen molar-refractivity contribution in [1.29, 1.82) is 0 Å². The highest BCUT2D eigenvalue weighted by atomic mass is 127. The zero-order valence-electron chi connectivity index (χ0n) is 5.41. The minimum absolute atomic E-state index is 0.235. The first-order chi connectivity index (χ1) is 5.25. The van der Waals surface area contributed by atoms with Crippen LogP contribution < -0.4 is 5.32 Å². The average Bonchev–Trinajstić information content (AvgIpc) is 2.27. The fraction of sp³-hybridized carbons (Fsp3) is 0.167. The van der Waals surface area contributed by atoms with E-state index in [4.69, 9.17) is 0 Å². The Morgan fingerprint density at radius 1 is 1.64 bits per heavy atom. The van der Waals surface area contributed by atoms with E-state index in [9.17, 15) is 4.79 Å². The van der Waals surface area contributed by atoms with Gasteiger partial charge in [0.15, 0.2) is 6.17 Å². The van der Waals surface area contributed by atoms with Gasteiger partial charge in [-0.05, 0) is 28.7 Å². The zero-order valence-corrected chi connectivity index (χ0v) is 7.57. The van der Waals surface area contributed by atoms with Gasteiger partial charge in [-0.3, -0.25) is 4.99 Å². The molecule has 0 radical (unpaired) electrons. The molecular formula is C6H4IN3O. The van der Waals surface area contributed by atoms with E-state index in [1.807, 2.05) is 6.08 Å². The molecule has 2 amide bonds. The molecule has 1 unspecified atom stereocenters. The number of dihydropyridines is 1. The van der Waals surface area contributed by atoms with Crippen molar-refractivity contribution in [1.82, 2.24) is 5.32 Å². The van der Waals surface area contributed by atoms with E-state index in [0.29, 0.717) is 5.71 Å². The van der Waals surface area contributed by atoms with Gasteiger partial charge in [0.05, 0.1) is 5.71 Å². The lowest BCUT2D eigenvalue weighted by molar-refractivity contribution is 0.250. The molecule has 0 aromatic rings. The predicted octanol–water partition coefficient (Wildman–Crippen LogP) is 0.880. The molecule has 2 rings (SSSR count). The molecule has 5 heteroatoms. The summed E-state index contributed by atoms with van der Waals surface area (Å²) in [6.07, 6.45) is 3.33. The Morgan fingerprint density at radius 3 is 3.27 bits per heavy atom. The highest BCUT2D eigenvalue weighted by Crippen LogP contribution is 2.13. The Morgan fingerprint density at radius 2 is 2.45 bits per heavy atom. The van der Waals surface area contributed by atoms with Crippen LogP contribution in [0.1, 0.15) is 0 Å². The van der Waals surface area contributed by atoms with Crippen molar-refractivity contribution in [3.63, 3.8) is 0 Å². The van der Waals surface area contributed by atoms with Crippen LogP contribution in [0.4, 0.5) is 4.79 Å². The lowest BCUT2D eigenvalue weighted by Gasteiger charge is -2.08. The minimum Gasteiger partial charge on any atom is -0.309 e. The van der Waals surface area contributed by atoms with Crippen molar-refractivity contribution in [2.24, 2.45) is 9.98 Å². The Labute approximate surface area is 76.6 Å². The number of amides is 2. The molecule has 0 saturated heterocycles. The van der Waals surface area contributed by atoms with E-state index in [2.05, 4.69) is 37.9 Å². The third-order valence-corrected chi connectivity index (χ3v) is 1.99. The molecule has 56 valence electrons. The summed E-state index contributed by atoms with van der Waals surface area (Å²) >= 11 is 2.13. The summed E-state index contributed by atoms with van der Waals surface area (Å²) in [5, 5.41) is 2.59. The van der Waals surface area contributed by atoms with Gasteiger partial charge in [0, 0.05) is 9.79 Å². The molecule has 0 aromatic heterocycles. The fourth-order valence-corrected chi connectivity index (χ4v) is 1.43. The number of nitrogens with one attached hydrogen (secondary N) is 1. The van der Waals surface area contributed by atoms with E-state index in [1.165, 1.54) is 0 Å². The first-order valence-corrected chi connectivity index (χ1v) is 4.13. The zero-order chi connectivity index (χ0) is 7.84. The molecule has 4 nitrogen and oxygen atoms in total. The number of nitrogens with zero attached hydrogens (tertiary/aromatic N) is 2. The van der Waals surface area contributed by atoms with E-state index in [1.54, 1.807) is 6.21 Å². The summed E-state index contributed by atoms with van der Waals surface area (Å²) in [6.45, 7) is 0. The average molecular weight is 261 g/mol. The molecule has 0 aromatic carbocycles. The highest BCUT2D eigenvalue weighted by molar-refractivity contribution is 14.1. The molecule has 0 saturated carbocycles. The van der Waals surface area contributed by atoms with Crippen molar-refractivity contribution >= 4 is 40.5 Å². The highest BCUT2D eigenvalue weighted by Gasteiger charge is 2.24. The number of allylic oxidation sites excluding steroid dienone is 1. The topological polar surface area (TPSA) is 53.8 Å². The molecule has 0 fully saturated rings. The summed E-state index contributed by atoms with van der Waals surface area (Å²) in [5.74, 6) is 0. The van der Waals surface area contributed by atoms with Gasteiger partial charge in [-0.25, -0.2) is 4.79 Å². The molecule has 2 aliphatic rings. The molecule has 2 aliphatic heterocycles. The Kier molecular flexibility index (Phi) is 1.52. The van der Waals surface area contributed by atoms with Crippen molar-refractivity contribution in [3.8, 4) is 0 Å². The van der Waals surface area contributed by atoms with Crippen LogP contribution in [0.15, 0.2) is 19.6 Å². The summed E-state index contributed by atoms with van der Waals surface area (Å²) in [4.78, 5) is 18.5. The second-order valence-corrected chi connectivity index (χ2v) is 3.44. The van der Waals surface area contributed by atoms with Crippen molar-refractivity contribution in [3.05, 3.63) is 9.66 Å². The summed E-state index contributed by atoms with van der Waals surface area (Å²) in [6, 6.07) is -0.301. The number of urea groups is 1. The third-order valence-electron chi connectivity index (χ3n) is 1.40. The number of hydrogen-bond donors (Lipinski definition) is 1. The van der Waals surface area contributed by atoms with E-state index >= 15 is 0 Å². The predicted molar refractivity (Wildman–Crippen MR) is 50.3 cm³/mol. The Balaban J connectivity index is 2.38. The Hall–Kier alpha value is -0.720. The Bertz CT molecular complexity index is 302. The summed E-state index contributed by atoms with van der Waals surface area (Å²) < 4.78 is 0.995. The number of rotatable bonds is 0. The second-order valence-electron chi connectivity index (χ2n) is 2.20. The molecular weight excluding hydrogens is 257 g/mol. The minimum atomic E-state index is -0.301. The van der Waals surface area contributed by atoms with Crippen LogP contribution in [0.3, 0.4) is 0 Å². The van der Waals surface area contributed by atoms with E-state index in [-0.39, 0.29) is 12.2 Å². The second kappa shape index (κ2) is 2.40. The van der Waals surface area contributed by atoms with Crippen LogP contribution in [-0.2, 0) is 0 Å². The quantitative estimate of drug-likeness (QED) is 0.646. The number of halogens is 1. The standard InChI is InChI=1S/C6H4IN3O/c7-3-1-4-5(8-2-3)10-6(11)9-4/h1-2,5H,(H,10,11).